The van der Waals surface area contributed by atoms with Crippen molar-refractivity contribution < 1.29 is 23.4 Å². The van der Waals surface area contributed by atoms with Crippen molar-refractivity contribution in [2.45, 2.75) is 17.7 Å². The first-order valence-corrected chi connectivity index (χ1v) is 10.0. The molecule has 0 bridgehead atoms. The fraction of sp³-hybridized carbons (Fsp3) is 0.211. The molecular formula is C19H20ClNO5S. The number of rotatable bonds is 6. The smallest absolute Gasteiger partial charge is 0.305 e. The molecule has 0 spiro atoms. The number of hydrogen-bond donors (Lipinski definition) is 2. The molecule has 1 aromatic heterocycles. The molecule has 27 heavy (non-hydrogen) atoms. The number of aromatic nitrogens is 1. The molecule has 144 valence electrons. The number of benzene rings is 2. The normalized spacial score (nSPS) is 12.2. The molecule has 0 fully saturated rings. The van der Waals surface area contributed by atoms with E-state index in [1.165, 1.54) is 17.1 Å². The van der Waals surface area contributed by atoms with E-state index < -0.39 is 10.8 Å². The number of fused-ring (bicyclic) bond motifs is 1. The zero-order valence-electron chi connectivity index (χ0n) is 14.9. The van der Waals surface area contributed by atoms with E-state index in [-0.39, 0.29) is 12.4 Å². The first-order chi connectivity index (χ1) is 12.9. The number of carbonyl (C=O) groups excluding carboxylic acids is 1. The van der Waals surface area contributed by atoms with E-state index in [4.69, 9.17) is 21.1 Å². The molecule has 6 nitrogen and oxygen atoms in total. The van der Waals surface area contributed by atoms with Gasteiger partial charge in [0.1, 0.15) is 5.75 Å². The van der Waals surface area contributed by atoms with Gasteiger partial charge in [-0.15, -0.1) is 0 Å². The Hall–Kier alpha value is -2.19. The number of nitrogens with zero attached hydrogens (tertiary/aromatic N) is 1. The largest absolute Gasteiger partial charge is 0.497 e. The molecule has 0 unspecified atom stereocenters. The van der Waals surface area contributed by atoms with Crippen LogP contribution in [0.3, 0.4) is 0 Å². The second-order valence-corrected chi connectivity index (χ2v) is 8.25. The van der Waals surface area contributed by atoms with Crippen LogP contribution in [0.5, 0.6) is 5.75 Å². The molecular weight excluding hydrogens is 390 g/mol. The van der Waals surface area contributed by atoms with Gasteiger partial charge in [-0.3, -0.25) is 13.9 Å². The molecule has 0 atom stereocenters. The van der Waals surface area contributed by atoms with Gasteiger partial charge in [-0.05, 0) is 48.4 Å². The second kappa shape index (κ2) is 7.82. The van der Waals surface area contributed by atoms with Gasteiger partial charge in [0.2, 0.25) is 0 Å². The highest BCUT2D eigenvalue weighted by molar-refractivity contribution is 8.23. The van der Waals surface area contributed by atoms with Crippen LogP contribution < -0.4 is 4.74 Å². The third kappa shape index (κ3) is 3.91. The first kappa shape index (κ1) is 19.6. The van der Waals surface area contributed by atoms with Gasteiger partial charge in [-0.2, -0.15) is 0 Å². The number of hydrogen-bond acceptors (Lipinski definition) is 5. The van der Waals surface area contributed by atoms with Crippen LogP contribution in [-0.4, -0.2) is 33.3 Å². The van der Waals surface area contributed by atoms with Gasteiger partial charge in [0.05, 0.1) is 24.6 Å². The van der Waals surface area contributed by atoms with Gasteiger partial charge in [-0.1, -0.05) is 28.4 Å². The van der Waals surface area contributed by atoms with E-state index in [0.717, 1.165) is 10.9 Å². The number of carbonyl (C=O) groups is 1. The van der Waals surface area contributed by atoms with Crippen molar-refractivity contribution >= 4 is 39.2 Å². The number of ether oxygens (including phenoxy) is 2. The molecule has 0 aliphatic heterocycles. The van der Waals surface area contributed by atoms with Gasteiger partial charge in [0.15, 0.2) is 0 Å². The molecule has 0 radical (unpaired) electrons. The van der Waals surface area contributed by atoms with Crippen molar-refractivity contribution in [3.8, 4) is 5.75 Å². The van der Waals surface area contributed by atoms with E-state index in [2.05, 4.69) is 0 Å². The highest BCUT2D eigenvalue weighted by atomic mass is 35.5. The maximum atomic E-state index is 11.5. The van der Waals surface area contributed by atoms with Crippen LogP contribution in [0.2, 0.25) is 5.02 Å². The number of aryl methyl sites for hydroxylation is 1. The second-order valence-electron chi connectivity index (χ2n) is 5.92. The van der Waals surface area contributed by atoms with Crippen LogP contribution in [0.1, 0.15) is 12.0 Å². The van der Waals surface area contributed by atoms with Gasteiger partial charge in [-0.25, -0.2) is 3.97 Å². The highest BCUT2D eigenvalue weighted by Crippen LogP contribution is 2.52. The van der Waals surface area contributed by atoms with E-state index >= 15 is 0 Å². The minimum absolute atomic E-state index is 0.184. The Kier molecular flexibility index (Phi) is 5.67. The minimum Gasteiger partial charge on any atom is -0.497 e. The maximum absolute atomic E-state index is 11.5. The Morgan fingerprint density at radius 1 is 1.19 bits per heavy atom. The van der Waals surface area contributed by atoms with Crippen molar-refractivity contribution in [1.29, 1.82) is 0 Å². The average molecular weight is 410 g/mol. The minimum atomic E-state index is -3.36. The quantitative estimate of drug-likeness (QED) is 0.561. The van der Waals surface area contributed by atoms with Crippen LogP contribution >= 0.6 is 22.4 Å². The first-order valence-electron chi connectivity index (χ1n) is 8.16. The molecule has 0 amide bonds. The summed E-state index contributed by atoms with van der Waals surface area (Å²) in [5.41, 5.74) is 1.41. The Morgan fingerprint density at radius 2 is 1.96 bits per heavy atom. The van der Waals surface area contributed by atoms with Gasteiger partial charge in [0.25, 0.3) is 0 Å². The number of halogens is 1. The summed E-state index contributed by atoms with van der Waals surface area (Å²) in [6.45, 7) is 0. The summed E-state index contributed by atoms with van der Waals surface area (Å²) in [6.07, 6.45) is 2.24. The zero-order chi connectivity index (χ0) is 19.6. The SMILES string of the molecule is COC(=O)CCc1cn(S(O)(O)c2cccc(Cl)c2)c2ccc(OC)cc12. The average Bonchev–Trinajstić information content (AvgIpc) is 3.04. The van der Waals surface area contributed by atoms with Crippen LogP contribution in [0, 0.1) is 0 Å². The van der Waals surface area contributed by atoms with Gasteiger partial charge in [0, 0.05) is 23.0 Å². The van der Waals surface area contributed by atoms with Crippen molar-refractivity contribution in [1.82, 2.24) is 3.97 Å². The topological polar surface area (TPSA) is 80.9 Å². The molecule has 0 saturated heterocycles. The maximum Gasteiger partial charge on any atom is 0.305 e. The van der Waals surface area contributed by atoms with E-state index in [0.29, 0.717) is 27.6 Å². The molecule has 0 aliphatic carbocycles. The third-order valence-corrected chi connectivity index (χ3v) is 6.25. The summed E-state index contributed by atoms with van der Waals surface area (Å²) in [5, 5.41) is 1.19. The van der Waals surface area contributed by atoms with Gasteiger partial charge >= 0.3 is 5.97 Å². The lowest BCUT2D eigenvalue weighted by atomic mass is 10.1. The molecule has 3 aromatic rings. The monoisotopic (exact) mass is 409 g/mol. The van der Waals surface area contributed by atoms with E-state index in [9.17, 15) is 13.9 Å². The fourth-order valence-corrected chi connectivity index (χ4v) is 4.61. The number of methoxy groups -OCH3 is 2. The molecule has 1 heterocycles. The molecule has 0 aliphatic rings. The molecule has 2 aromatic carbocycles. The Balaban J connectivity index is 2.13. The highest BCUT2D eigenvalue weighted by Gasteiger charge is 2.23. The van der Waals surface area contributed by atoms with Crippen LogP contribution in [-0.2, 0) is 16.0 Å². The summed E-state index contributed by atoms with van der Waals surface area (Å²) in [5.74, 6) is 0.305. The molecule has 0 saturated carbocycles. The summed E-state index contributed by atoms with van der Waals surface area (Å²) in [7, 11) is -0.457. The standard InChI is InChI=1S/C19H20ClNO5S/c1-25-15-7-8-18-17(11-15)13(6-9-19(22)26-2)12-21(18)27(23,24)16-5-3-4-14(20)10-16/h3-5,7-8,10-12,23-24H,6,9H2,1-2H3. The molecule has 3 rings (SSSR count). The summed E-state index contributed by atoms with van der Waals surface area (Å²) in [4.78, 5) is 11.9. The van der Waals surface area contributed by atoms with Crippen molar-refractivity contribution in [3.05, 3.63) is 59.2 Å². The van der Waals surface area contributed by atoms with Crippen molar-refractivity contribution in [2.75, 3.05) is 14.2 Å². The Labute approximate surface area is 163 Å². The fourth-order valence-electron chi connectivity index (χ4n) is 2.87. The predicted octanol–water partition coefficient (Wildman–Crippen LogP) is 4.98. The summed E-state index contributed by atoms with van der Waals surface area (Å²) in [6, 6.07) is 11.8. The van der Waals surface area contributed by atoms with Crippen LogP contribution in [0.15, 0.2) is 53.6 Å². The van der Waals surface area contributed by atoms with Gasteiger partial charge < -0.3 is 9.47 Å². The Bertz CT molecular complexity index is 985. The lowest BCUT2D eigenvalue weighted by Gasteiger charge is -2.34. The third-order valence-electron chi connectivity index (χ3n) is 4.27. The lowest BCUT2D eigenvalue weighted by Crippen LogP contribution is -2.08. The lowest BCUT2D eigenvalue weighted by molar-refractivity contribution is -0.140. The summed E-state index contributed by atoms with van der Waals surface area (Å²) < 4.78 is 33.3. The predicted molar refractivity (Wildman–Crippen MR) is 107 cm³/mol. The number of esters is 1. The van der Waals surface area contributed by atoms with Crippen LogP contribution in [0.25, 0.3) is 10.9 Å². The van der Waals surface area contributed by atoms with Crippen molar-refractivity contribution in [2.24, 2.45) is 0 Å². The van der Waals surface area contributed by atoms with Crippen LogP contribution in [0.4, 0.5) is 0 Å². The summed E-state index contributed by atoms with van der Waals surface area (Å²) >= 11 is 6.02. The molecule has 8 heteroatoms. The molecule has 2 N–H and O–H groups in total. The van der Waals surface area contributed by atoms with E-state index in [1.807, 2.05) is 6.07 Å². The van der Waals surface area contributed by atoms with E-state index in [1.54, 1.807) is 43.6 Å². The zero-order valence-corrected chi connectivity index (χ0v) is 16.5. The van der Waals surface area contributed by atoms with Crippen molar-refractivity contribution in [3.63, 3.8) is 0 Å². The Morgan fingerprint density at radius 3 is 2.63 bits per heavy atom.